The fourth-order valence-electron chi connectivity index (χ4n) is 6.17. The number of hydrogen-bond acceptors (Lipinski definition) is 13. The van der Waals surface area contributed by atoms with E-state index in [0.717, 1.165) is 6.42 Å². The molecule has 2 aliphatic heterocycles. The minimum Gasteiger partial charge on any atom is -0.480 e. The van der Waals surface area contributed by atoms with Crippen molar-refractivity contribution in [3.8, 4) is 0 Å². The first-order chi connectivity index (χ1) is 26.1. The number of nitrogens with two attached hydrogens (primary N) is 3. The highest BCUT2D eigenvalue weighted by molar-refractivity contribution is 7.98. The third-order valence-corrected chi connectivity index (χ3v) is 9.81. The number of amides is 8. The van der Waals surface area contributed by atoms with Gasteiger partial charge in [0.05, 0.1) is 19.1 Å². The van der Waals surface area contributed by atoms with Gasteiger partial charge in [0.1, 0.15) is 36.3 Å². The lowest BCUT2D eigenvalue weighted by Gasteiger charge is -2.28. The van der Waals surface area contributed by atoms with Gasteiger partial charge >= 0.3 is 5.97 Å². The Labute approximate surface area is 323 Å². The normalized spacial score (nSPS) is 19.2. The number of likely N-dealkylation sites (tertiary alicyclic amines) is 1. The van der Waals surface area contributed by atoms with Gasteiger partial charge in [-0.05, 0) is 82.9 Å². The van der Waals surface area contributed by atoms with Crippen LogP contribution in [0.4, 0.5) is 0 Å². The maximum atomic E-state index is 13.6. The van der Waals surface area contributed by atoms with Gasteiger partial charge in [-0.2, -0.15) is 11.8 Å². The van der Waals surface area contributed by atoms with Gasteiger partial charge in [0, 0.05) is 13.0 Å². The largest absolute Gasteiger partial charge is 0.480 e. The first-order valence-electron chi connectivity index (χ1n) is 18.3. The first kappa shape index (κ1) is 46.6. The van der Waals surface area contributed by atoms with Crippen LogP contribution in [-0.2, 0) is 43.2 Å². The van der Waals surface area contributed by atoms with Crippen molar-refractivity contribution in [1.82, 2.24) is 36.8 Å². The van der Waals surface area contributed by atoms with Crippen molar-refractivity contribution >= 4 is 65.0 Å². The predicted octanol–water partition coefficient (Wildman–Crippen LogP) is -4.75. The number of carbonyl (C=O) groups excluding carboxylic acids is 8. The molecule has 22 heteroatoms. The van der Waals surface area contributed by atoms with Crippen molar-refractivity contribution in [1.29, 1.82) is 0 Å². The molecular weight excluding hydrogens is 744 g/mol. The lowest BCUT2D eigenvalue weighted by Crippen LogP contribution is -2.60. The molecule has 2 rings (SSSR count). The van der Waals surface area contributed by atoms with E-state index in [1.54, 1.807) is 6.26 Å². The summed E-state index contributed by atoms with van der Waals surface area (Å²) < 4.78 is 0. The van der Waals surface area contributed by atoms with Gasteiger partial charge < -0.3 is 64.2 Å². The topological polar surface area (TPSA) is 348 Å². The second-order valence-corrected chi connectivity index (χ2v) is 14.4. The SMILES string of the molecule is CSCC[C@H](NC(=O)[C@H](CCC(N)=O)NC(=O)[C@H](CCCCN)NC(=O)[C@H](CC(N)=O)NC(=O)[C@H](CO)NC(=O)[C@@H]1CCCN1C(=O)[C@@H]1CCCN1)C(=O)O. The number of nitrogens with zero attached hydrogens (tertiary/aromatic N) is 1. The molecule has 0 radical (unpaired) electrons. The van der Waals surface area contributed by atoms with Gasteiger partial charge in [-0.1, -0.05) is 0 Å². The zero-order valence-corrected chi connectivity index (χ0v) is 31.8. The Bertz CT molecular complexity index is 1380. The van der Waals surface area contributed by atoms with E-state index in [1.807, 2.05) is 0 Å². The van der Waals surface area contributed by atoms with Crippen LogP contribution >= 0.6 is 11.8 Å². The van der Waals surface area contributed by atoms with Gasteiger partial charge in [-0.25, -0.2) is 4.79 Å². The van der Waals surface area contributed by atoms with Crippen LogP contribution in [0.3, 0.4) is 0 Å². The Balaban J connectivity index is 2.21. The second kappa shape index (κ2) is 24.1. The Hall–Kier alpha value is -4.54. The molecule has 0 spiro atoms. The molecule has 0 aromatic heterocycles. The summed E-state index contributed by atoms with van der Waals surface area (Å²) in [5, 5.41) is 34.6. The number of thioether (sulfide) groups is 1. The van der Waals surface area contributed by atoms with Crippen molar-refractivity contribution in [2.75, 3.05) is 38.2 Å². The van der Waals surface area contributed by atoms with Crippen LogP contribution in [-0.4, -0.2) is 149 Å². The number of hydrogen-bond donors (Lipinski definition) is 11. The van der Waals surface area contributed by atoms with E-state index in [9.17, 15) is 53.4 Å². The summed E-state index contributed by atoms with van der Waals surface area (Å²) in [7, 11) is 0. The molecule has 0 aromatic carbocycles. The monoisotopic (exact) mass is 800 g/mol. The quantitative estimate of drug-likeness (QED) is 0.0387. The van der Waals surface area contributed by atoms with Gasteiger partial charge in [0.2, 0.25) is 47.3 Å². The molecule has 7 atom stereocenters. The van der Waals surface area contributed by atoms with Crippen molar-refractivity contribution < 1.29 is 53.4 Å². The minimum absolute atomic E-state index is 0.0377. The van der Waals surface area contributed by atoms with E-state index < -0.39 is 103 Å². The van der Waals surface area contributed by atoms with E-state index >= 15 is 0 Å². The number of rotatable bonds is 25. The average molecular weight is 801 g/mol. The molecule has 2 aliphatic rings. The summed E-state index contributed by atoms with van der Waals surface area (Å²) in [5.41, 5.74) is 16.2. The summed E-state index contributed by atoms with van der Waals surface area (Å²) >= 11 is 1.36. The Kier molecular flexibility index (Phi) is 20.4. The van der Waals surface area contributed by atoms with E-state index in [4.69, 9.17) is 17.2 Å². The molecule has 0 aromatic rings. The van der Waals surface area contributed by atoms with Crippen LogP contribution in [0.1, 0.15) is 70.6 Å². The highest BCUT2D eigenvalue weighted by atomic mass is 32.2. The molecule has 0 bridgehead atoms. The third-order valence-electron chi connectivity index (χ3n) is 9.17. The summed E-state index contributed by atoms with van der Waals surface area (Å²) in [5.74, 6) is -7.61. The lowest BCUT2D eigenvalue weighted by atomic mass is 10.0. The molecule has 21 nitrogen and oxygen atoms in total. The third kappa shape index (κ3) is 15.6. The van der Waals surface area contributed by atoms with Crippen LogP contribution < -0.4 is 49.1 Å². The fourth-order valence-corrected chi connectivity index (χ4v) is 6.64. The fraction of sp³-hybridized carbons (Fsp3) is 0.727. The molecule has 0 saturated carbocycles. The summed E-state index contributed by atoms with van der Waals surface area (Å²) in [6.07, 6.45) is 3.41. The van der Waals surface area contributed by atoms with Gasteiger partial charge in [-0.3, -0.25) is 38.4 Å². The highest BCUT2D eigenvalue weighted by Crippen LogP contribution is 2.21. The Morgan fingerprint density at radius 3 is 1.91 bits per heavy atom. The minimum atomic E-state index is -1.69. The molecular formula is C33H56N10O11S. The number of unbranched alkanes of at least 4 members (excludes halogenated alkanes) is 1. The Morgan fingerprint density at radius 2 is 1.36 bits per heavy atom. The van der Waals surface area contributed by atoms with Crippen LogP contribution in [0.25, 0.3) is 0 Å². The standard InChI is InChI=1S/C33H56N10O11S/c1-55-15-11-21(33(53)54)40-28(48)19(9-10-25(35)45)39-27(47)18(6-2-3-12-34)38-29(49)22(16-26(36)46)41-30(50)23(17-44)42-31(51)24-8-5-14-43(24)32(52)20-7-4-13-37-20/h18-24,37,44H,2-17,34H2,1H3,(H2,35,45)(H2,36,46)(H,38,49)(H,39,47)(H,40,48)(H,41,50)(H,42,51)(H,53,54)/t18-,19-,20-,21-,22-,23-,24-/m0/s1. The summed E-state index contributed by atoms with van der Waals surface area (Å²) in [6.45, 7) is 0.336. The lowest BCUT2D eigenvalue weighted by molar-refractivity contribution is -0.142. The number of aliphatic hydroxyl groups is 1. The van der Waals surface area contributed by atoms with Gasteiger partial charge in [-0.15, -0.1) is 0 Å². The molecule has 2 heterocycles. The molecule has 2 saturated heterocycles. The van der Waals surface area contributed by atoms with Gasteiger partial charge in [0.15, 0.2) is 0 Å². The van der Waals surface area contributed by atoms with E-state index in [2.05, 4.69) is 31.9 Å². The number of aliphatic hydroxyl groups excluding tert-OH is 1. The first-order valence-corrected chi connectivity index (χ1v) is 19.7. The number of aliphatic carboxylic acids is 1. The second-order valence-electron chi connectivity index (χ2n) is 13.4. The smallest absolute Gasteiger partial charge is 0.326 e. The molecule has 8 amide bonds. The van der Waals surface area contributed by atoms with Gasteiger partial charge in [0.25, 0.3) is 0 Å². The summed E-state index contributed by atoms with van der Waals surface area (Å²) in [4.78, 5) is 117. The van der Waals surface area contributed by atoms with Crippen molar-refractivity contribution in [2.24, 2.45) is 17.2 Å². The highest BCUT2D eigenvalue weighted by Gasteiger charge is 2.39. The van der Waals surface area contributed by atoms with Crippen molar-refractivity contribution in [3.05, 3.63) is 0 Å². The van der Waals surface area contributed by atoms with Crippen LogP contribution in [0.15, 0.2) is 0 Å². The van der Waals surface area contributed by atoms with E-state index in [0.29, 0.717) is 50.9 Å². The van der Waals surface area contributed by atoms with Crippen molar-refractivity contribution in [2.45, 2.75) is 113 Å². The number of nitrogens with one attached hydrogen (secondary N) is 6. The molecule has 310 valence electrons. The maximum Gasteiger partial charge on any atom is 0.326 e. The number of carboxylic acids is 1. The Morgan fingerprint density at radius 1 is 0.764 bits per heavy atom. The average Bonchev–Trinajstić information content (AvgIpc) is 3.86. The maximum absolute atomic E-state index is 13.6. The zero-order chi connectivity index (χ0) is 41.1. The molecule has 55 heavy (non-hydrogen) atoms. The van der Waals surface area contributed by atoms with Crippen LogP contribution in [0.5, 0.6) is 0 Å². The number of carbonyl (C=O) groups is 9. The predicted molar refractivity (Wildman–Crippen MR) is 198 cm³/mol. The molecule has 0 unspecified atom stereocenters. The van der Waals surface area contributed by atoms with Crippen molar-refractivity contribution in [3.63, 3.8) is 0 Å². The molecule has 0 aliphatic carbocycles. The van der Waals surface area contributed by atoms with Crippen LogP contribution in [0, 0.1) is 0 Å². The number of carboxylic acid groups (broad SMARTS) is 1. The number of primary amides is 2. The van der Waals surface area contributed by atoms with E-state index in [1.165, 1.54) is 16.7 Å². The molecule has 14 N–H and O–H groups in total. The van der Waals surface area contributed by atoms with Crippen LogP contribution in [0.2, 0.25) is 0 Å². The summed E-state index contributed by atoms with van der Waals surface area (Å²) in [6, 6.07) is -8.74. The molecule has 2 fully saturated rings. The van der Waals surface area contributed by atoms with E-state index in [-0.39, 0.29) is 38.1 Å². The zero-order valence-electron chi connectivity index (χ0n) is 31.0.